The summed E-state index contributed by atoms with van der Waals surface area (Å²) < 4.78 is 33.2. The van der Waals surface area contributed by atoms with Crippen LogP contribution in [0.5, 0.6) is 5.75 Å². The van der Waals surface area contributed by atoms with Crippen molar-refractivity contribution in [2.75, 3.05) is 17.9 Å². The third kappa shape index (κ3) is 5.83. The van der Waals surface area contributed by atoms with E-state index in [1.165, 1.54) is 18.2 Å². The first-order valence-electron chi connectivity index (χ1n) is 9.10. The number of rotatable bonds is 8. The molecule has 0 heterocycles. The average Bonchev–Trinajstić information content (AvgIpc) is 2.73. The Morgan fingerprint density at radius 1 is 0.931 bits per heavy atom. The fourth-order valence-corrected chi connectivity index (χ4v) is 3.70. The Kier molecular flexibility index (Phi) is 6.51. The normalized spacial score (nSPS) is 10.9. The van der Waals surface area contributed by atoms with Gasteiger partial charge < -0.3 is 10.1 Å². The lowest BCUT2D eigenvalue weighted by Crippen LogP contribution is -2.28. The number of amides is 1. The van der Waals surface area contributed by atoms with Crippen LogP contribution in [0.25, 0.3) is 0 Å². The van der Waals surface area contributed by atoms with E-state index in [0.29, 0.717) is 18.8 Å². The van der Waals surface area contributed by atoms with Gasteiger partial charge in [-0.2, -0.15) is 0 Å². The lowest BCUT2D eigenvalue weighted by atomic mass is 10.2. The standard InChI is InChI=1S/C22H22N2O4S/c1-17-10-12-20(13-11-17)28-15-14-23-22(25)18-6-5-9-21(16-18)29(26,27)24-19-7-3-2-4-8-19/h2-13,16,24H,14-15H2,1H3,(H,23,25). The minimum Gasteiger partial charge on any atom is -0.492 e. The van der Waals surface area contributed by atoms with E-state index < -0.39 is 10.0 Å². The van der Waals surface area contributed by atoms with Crippen molar-refractivity contribution in [3.8, 4) is 5.75 Å². The average molecular weight is 410 g/mol. The summed E-state index contributed by atoms with van der Waals surface area (Å²) in [4.78, 5) is 12.4. The molecule has 0 fully saturated rings. The molecule has 0 aromatic heterocycles. The zero-order valence-corrected chi connectivity index (χ0v) is 16.8. The predicted octanol–water partition coefficient (Wildman–Crippen LogP) is 3.60. The molecule has 0 aliphatic carbocycles. The van der Waals surface area contributed by atoms with E-state index in [4.69, 9.17) is 4.74 Å². The summed E-state index contributed by atoms with van der Waals surface area (Å²) >= 11 is 0. The molecular weight excluding hydrogens is 388 g/mol. The molecule has 0 saturated carbocycles. The number of sulfonamides is 1. The molecule has 3 rings (SSSR count). The second-order valence-corrected chi connectivity index (χ2v) is 8.10. The van der Waals surface area contributed by atoms with Crippen LogP contribution in [0.15, 0.2) is 83.8 Å². The maximum Gasteiger partial charge on any atom is 0.261 e. The van der Waals surface area contributed by atoms with Crippen LogP contribution in [-0.2, 0) is 10.0 Å². The monoisotopic (exact) mass is 410 g/mol. The van der Waals surface area contributed by atoms with Gasteiger partial charge in [0.25, 0.3) is 15.9 Å². The summed E-state index contributed by atoms with van der Waals surface area (Å²) in [6, 6.07) is 22.1. The first-order valence-corrected chi connectivity index (χ1v) is 10.6. The molecule has 0 aliphatic rings. The first-order chi connectivity index (χ1) is 13.9. The van der Waals surface area contributed by atoms with Crippen molar-refractivity contribution in [3.05, 3.63) is 90.0 Å². The minimum absolute atomic E-state index is 0.0184. The predicted molar refractivity (Wildman–Crippen MR) is 113 cm³/mol. The number of nitrogens with one attached hydrogen (secondary N) is 2. The van der Waals surface area contributed by atoms with Gasteiger partial charge in [-0.25, -0.2) is 8.42 Å². The maximum atomic E-state index is 12.6. The van der Waals surface area contributed by atoms with Crippen molar-refractivity contribution in [2.24, 2.45) is 0 Å². The third-order valence-electron chi connectivity index (χ3n) is 4.11. The van der Waals surface area contributed by atoms with E-state index in [1.54, 1.807) is 36.4 Å². The van der Waals surface area contributed by atoms with E-state index in [9.17, 15) is 13.2 Å². The molecule has 0 radical (unpaired) electrons. The highest BCUT2D eigenvalue weighted by Gasteiger charge is 2.16. The molecule has 3 aromatic carbocycles. The Morgan fingerprint density at radius 2 is 1.66 bits per heavy atom. The summed E-state index contributed by atoms with van der Waals surface area (Å²) in [7, 11) is -3.79. The molecule has 0 saturated heterocycles. The third-order valence-corrected chi connectivity index (χ3v) is 5.49. The number of carbonyl (C=O) groups excluding carboxylic acids is 1. The van der Waals surface area contributed by atoms with Gasteiger partial charge in [-0.3, -0.25) is 9.52 Å². The van der Waals surface area contributed by atoms with Crippen molar-refractivity contribution >= 4 is 21.6 Å². The molecule has 6 nitrogen and oxygen atoms in total. The van der Waals surface area contributed by atoms with E-state index in [1.807, 2.05) is 31.2 Å². The molecular formula is C22H22N2O4S. The molecule has 3 aromatic rings. The number of anilines is 1. The highest BCUT2D eigenvalue weighted by molar-refractivity contribution is 7.92. The molecule has 7 heteroatoms. The molecule has 0 unspecified atom stereocenters. The highest BCUT2D eigenvalue weighted by atomic mass is 32.2. The van der Waals surface area contributed by atoms with Crippen LogP contribution in [0.3, 0.4) is 0 Å². The van der Waals surface area contributed by atoms with Gasteiger partial charge in [-0.1, -0.05) is 42.0 Å². The van der Waals surface area contributed by atoms with Crippen LogP contribution in [0.2, 0.25) is 0 Å². The lowest BCUT2D eigenvalue weighted by molar-refractivity contribution is 0.0947. The van der Waals surface area contributed by atoms with E-state index in [-0.39, 0.29) is 16.4 Å². The number of hydrogen-bond donors (Lipinski definition) is 2. The first kappa shape index (κ1) is 20.4. The Hall–Kier alpha value is -3.32. The van der Waals surface area contributed by atoms with Gasteiger partial charge >= 0.3 is 0 Å². The number of hydrogen-bond acceptors (Lipinski definition) is 4. The zero-order valence-electron chi connectivity index (χ0n) is 16.0. The van der Waals surface area contributed by atoms with Crippen molar-refractivity contribution in [1.29, 1.82) is 0 Å². The molecule has 2 N–H and O–H groups in total. The van der Waals surface area contributed by atoms with Crippen LogP contribution >= 0.6 is 0 Å². The minimum atomic E-state index is -3.79. The van der Waals surface area contributed by atoms with Gasteiger partial charge in [0.15, 0.2) is 0 Å². The molecule has 150 valence electrons. The van der Waals surface area contributed by atoms with Crippen LogP contribution < -0.4 is 14.8 Å². The number of aryl methyl sites for hydroxylation is 1. The molecule has 0 bridgehead atoms. The Labute approximate surface area is 170 Å². The smallest absolute Gasteiger partial charge is 0.261 e. The fraction of sp³-hybridized carbons (Fsp3) is 0.136. The van der Waals surface area contributed by atoms with Gasteiger partial charge in [0.1, 0.15) is 12.4 Å². The van der Waals surface area contributed by atoms with Gasteiger partial charge in [-0.15, -0.1) is 0 Å². The van der Waals surface area contributed by atoms with Gasteiger partial charge in [0.2, 0.25) is 0 Å². The van der Waals surface area contributed by atoms with Crippen LogP contribution in [0, 0.1) is 6.92 Å². The summed E-state index contributed by atoms with van der Waals surface area (Å²) in [5, 5.41) is 2.73. The van der Waals surface area contributed by atoms with Crippen molar-refractivity contribution < 1.29 is 17.9 Å². The topological polar surface area (TPSA) is 84.5 Å². The van der Waals surface area contributed by atoms with Crippen LogP contribution in [0.4, 0.5) is 5.69 Å². The number of ether oxygens (including phenoxy) is 1. The van der Waals surface area contributed by atoms with E-state index in [2.05, 4.69) is 10.0 Å². The number of carbonyl (C=O) groups is 1. The number of benzene rings is 3. The number of para-hydroxylation sites is 1. The molecule has 0 aliphatic heterocycles. The lowest BCUT2D eigenvalue weighted by Gasteiger charge is -2.10. The Morgan fingerprint density at radius 3 is 2.38 bits per heavy atom. The largest absolute Gasteiger partial charge is 0.492 e. The molecule has 1 amide bonds. The van der Waals surface area contributed by atoms with Gasteiger partial charge in [0, 0.05) is 11.3 Å². The second kappa shape index (κ2) is 9.25. The summed E-state index contributed by atoms with van der Waals surface area (Å²) in [5.41, 5.74) is 1.86. The van der Waals surface area contributed by atoms with Crippen molar-refractivity contribution in [3.63, 3.8) is 0 Å². The maximum absolute atomic E-state index is 12.6. The zero-order chi connectivity index (χ0) is 20.7. The van der Waals surface area contributed by atoms with E-state index in [0.717, 1.165) is 11.3 Å². The molecule has 0 spiro atoms. The van der Waals surface area contributed by atoms with E-state index >= 15 is 0 Å². The summed E-state index contributed by atoms with van der Waals surface area (Å²) in [6.07, 6.45) is 0. The highest BCUT2D eigenvalue weighted by Crippen LogP contribution is 2.17. The SMILES string of the molecule is Cc1ccc(OCCNC(=O)c2cccc(S(=O)(=O)Nc3ccccc3)c2)cc1. The summed E-state index contributed by atoms with van der Waals surface area (Å²) in [5.74, 6) is 0.360. The summed E-state index contributed by atoms with van der Waals surface area (Å²) in [6.45, 7) is 2.60. The Bertz CT molecular complexity index is 1070. The quantitative estimate of drug-likeness (QED) is 0.556. The van der Waals surface area contributed by atoms with Crippen molar-refractivity contribution in [2.45, 2.75) is 11.8 Å². The fourth-order valence-electron chi connectivity index (χ4n) is 2.59. The molecule has 0 atom stereocenters. The van der Waals surface area contributed by atoms with Gasteiger partial charge in [0.05, 0.1) is 11.4 Å². The van der Waals surface area contributed by atoms with Gasteiger partial charge in [-0.05, 0) is 49.4 Å². The Balaban J connectivity index is 1.58. The molecule has 29 heavy (non-hydrogen) atoms. The van der Waals surface area contributed by atoms with Crippen molar-refractivity contribution in [1.82, 2.24) is 5.32 Å². The second-order valence-electron chi connectivity index (χ2n) is 6.42. The van der Waals surface area contributed by atoms with Crippen LogP contribution in [-0.4, -0.2) is 27.5 Å². The van der Waals surface area contributed by atoms with Crippen LogP contribution in [0.1, 0.15) is 15.9 Å².